The van der Waals surface area contributed by atoms with Gasteiger partial charge in [0.2, 0.25) is 15.9 Å². The van der Waals surface area contributed by atoms with Crippen LogP contribution in [0.15, 0.2) is 18.5 Å². The van der Waals surface area contributed by atoms with Gasteiger partial charge in [0.05, 0.1) is 6.26 Å². The van der Waals surface area contributed by atoms with Crippen LogP contribution >= 0.6 is 0 Å². The van der Waals surface area contributed by atoms with Crippen LogP contribution in [0.4, 0.5) is 0 Å². The van der Waals surface area contributed by atoms with Crippen molar-refractivity contribution in [1.82, 2.24) is 34.6 Å². The molecule has 0 aliphatic heterocycles. The highest BCUT2D eigenvalue weighted by molar-refractivity contribution is 7.88. The van der Waals surface area contributed by atoms with Gasteiger partial charge in [-0.3, -0.25) is 9.48 Å². The van der Waals surface area contributed by atoms with Gasteiger partial charge < -0.3 is 9.88 Å². The van der Waals surface area contributed by atoms with Gasteiger partial charge in [-0.15, -0.1) is 10.2 Å². The van der Waals surface area contributed by atoms with Gasteiger partial charge in [-0.05, 0) is 18.9 Å². The zero-order valence-corrected chi connectivity index (χ0v) is 15.6. The molecule has 0 aromatic carbocycles. The Kier molecular flexibility index (Phi) is 5.37. The first kappa shape index (κ1) is 18.5. The van der Waals surface area contributed by atoms with Gasteiger partial charge in [0, 0.05) is 44.4 Å². The van der Waals surface area contributed by atoms with Crippen LogP contribution in [0.5, 0.6) is 0 Å². The van der Waals surface area contributed by atoms with Crippen LogP contribution in [0.3, 0.4) is 0 Å². The molecular weight excluding hydrogens is 358 g/mol. The molecule has 1 amide bonds. The summed E-state index contributed by atoms with van der Waals surface area (Å²) in [4.78, 5) is 11.8. The predicted molar refractivity (Wildman–Crippen MR) is 93.7 cm³/mol. The molecule has 0 unspecified atom stereocenters. The first-order valence-electron chi connectivity index (χ1n) is 8.41. The fourth-order valence-corrected chi connectivity index (χ4v) is 3.48. The smallest absolute Gasteiger partial charge is 0.221 e. The minimum Gasteiger partial charge on any atom is -0.353 e. The predicted octanol–water partition coefficient (Wildman–Crippen LogP) is -0.639. The molecule has 142 valence electrons. The van der Waals surface area contributed by atoms with Crippen molar-refractivity contribution in [3.05, 3.63) is 30.1 Å². The maximum Gasteiger partial charge on any atom is 0.221 e. The zero-order chi connectivity index (χ0) is 18.7. The second kappa shape index (κ2) is 7.54. The SMILES string of the molecule is Cn1c(Cn2cccn2)nnc1C1CC(NC(=O)CCNS(C)(=O)=O)C1. The van der Waals surface area contributed by atoms with Gasteiger partial charge in [0.25, 0.3) is 0 Å². The lowest BCUT2D eigenvalue weighted by Crippen LogP contribution is -2.44. The van der Waals surface area contributed by atoms with E-state index in [1.54, 1.807) is 10.9 Å². The molecule has 11 heteroatoms. The van der Waals surface area contributed by atoms with E-state index in [9.17, 15) is 13.2 Å². The average Bonchev–Trinajstić information content (AvgIpc) is 3.13. The summed E-state index contributed by atoms with van der Waals surface area (Å²) in [5.41, 5.74) is 0. The fraction of sp³-hybridized carbons (Fsp3) is 0.600. The van der Waals surface area contributed by atoms with Crippen LogP contribution < -0.4 is 10.0 Å². The topological polar surface area (TPSA) is 124 Å². The van der Waals surface area contributed by atoms with Crippen molar-refractivity contribution in [3.8, 4) is 0 Å². The molecule has 26 heavy (non-hydrogen) atoms. The number of hydrogen-bond donors (Lipinski definition) is 2. The van der Waals surface area contributed by atoms with Gasteiger partial charge in [0.1, 0.15) is 12.4 Å². The van der Waals surface area contributed by atoms with Crippen molar-refractivity contribution >= 4 is 15.9 Å². The number of amides is 1. The normalized spacial score (nSPS) is 19.9. The minimum absolute atomic E-state index is 0.0944. The Hall–Kier alpha value is -2.27. The van der Waals surface area contributed by atoms with E-state index in [2.05, 4.69) is 25.3 Å². The Bertz CT molecular complexity index is 854. The minimum atomic E-state index is -3.26. The Morgan fingerprint density at radius 3 is 2.77 bits per heavy atom. The monoisotopic (exact) mass is 381 g/mol. The van der Waals surface area contributed by atoms with Crippen LogP contribution in [0.2, 0.25) is 0 Å². The lowest BCUT2D eigenvalue weighted by molar-refractivity contribution is -0.122. The first-order chi connectivity index (χ1) is 12.3. The molecule has 0 spiro atoms. The maximum absolute atomic E-state index is 11.8. The van der Waals surface area contributed by atoms with Gasteiger partial charge in [0.15, 0.2) is 5.82 Å². The first-order valence-corrected chi connectivity index (χ1v) is 10.3. The Balaban J connectivity index is 1.45. The number of nitrogens with one attached hydrogen (secondary N) is 2. The molecule has 0 radical (unpaired) electrons. The van der Waals surface area contributed by atoms with E-state index in [0.717, 1.165) is 30.7 Å². The standard InChI is InChI=1S/C15H23N7O3S/c1-21-13(10-22-7-3-5-16-22)19-20-15(21)11-8-12(9-11)18-14(23)4-6-17-26(2,24)25/h3,5,7,11-12,17H,4,6,8-10H2,1-2H3,(H,18,23). The lowest BCUT2D eigenvalue weighted by Gasteiger charge is -2.35. The fourth-order valence-electron chi connectivity index (χ4n) is 3.00. The lowest BCUT2D eigenvalue weighted by atomic mass is 9.79. The zero-order valence-electron chi connectivity index (χ0n) is 14.8. The molecule has 1 saturated carbocycles. The molecule has 0 atom stereocenters. The summed E-state index contributed by atoms with van der Waals surface area (Å²) >= 11 is 0. The summed E-state index contributed by atoms with van der Waals surface area (Å²) in [6, 6.07) is 1.96. The van der Waals surface area contributed by atoms with Crippen LogP contribution in [-0.4, -0.2) is 57.7 Å². The quantitative estimate of drug-likeness (QED) is 0.627. The highest BCUT2D eigenvalue weighted by Crippen LogP contribution is 2.35. The van der Waals surface area contributed by atoms with Crippen LogP contribution in [0, 0.1) is 0 Å². The third-order valence-electron chi connectivity index (χ3n) is 4.45. The Morgan fingerprint density at radius 1 is 1.35 bits per heavy atom. The van der Waals surface area contributed by atoms with Gasteiger partial charge >= 0.3 is 0 Å². The van der Waals surface area contributed by atoms with Crippen molar-refractivity contribution in [2.24, 2.45) is 7.05 Å². The summed E-state index contributed by atoms with van der Waals surface area (Å²) in [7, 11) is -1.32. The van der Waals surface area contributed by atoms with Crippen molar-refractivity contribution in [3.63, 3.8) is 0 Å². The second-order valence-corrected chi connectivity index (χ2v) is 8.42. The average molecular weight is 381 g/mol. The van der Waals surface area contributed by atoms with E-state index < -0.39 is 10.0 Å². The summed E-state index contributed by atoms with van der Waals surface area (Å²) < 4.78 is 28.0. The number of aromatic nitrogens is 5. The number of nitrogens with zero attached hydrogens (tertiary/aromatic N) is 5. The number of hydrogen-bond acceptors (Lipinski definition) is 6. The molecule has 2 N–H and O–H groups in total. The molecule has 2 aromatic rings. The van der Waals surface area contributed by atoms with Gasteiger partial charge in [-0.25, -0.2) is 13.1 Å². The summed E-state index contributed by atoms with van der Waals surface area (Å²) in [5, 5.41) is 15.6. The maximum atomic E-state index is 11.8. The molecule has 10 nitrogen and oxygen atoms in total. The van der Waals surface area contributed by atoms with E-state index in [0.29, 0.717) is 6.54 Å². The third kappa shape index (κ3) is 4.67. The Morgan fingerprint density at radius 2 is 2.12 bits per heavy atom. The second-order valence-electron chi connectivity index (χ2n) is 6.59. The van der Waals surface area contributed by atoms with E-state index in [1.807, 2.05) is 23.9 Å². The summed E-state index contributed by atoms with van der Waals surface area (Å²) in [5.74, 6) is 1.86. The van der Waals surface area contributed by atoms with Crippen LogP contribution in [0.1, 0.15) is 36.8 Å². The molecule has 0 bridgehead atoms. The van der Waals surface area contributed by atoms with Crippen molar-refractivity contribution < 1.29 is 13.2 Å². The molecule has 1 fully saturated rings. The molecule has 2 aromatic heterocycles. The van der Waals surface area contributed by atoms with Crippen molar-refractivity contribution in [2.75, 3.05) is 12.8 Å². The van der Waals surface area contributed by atoms with Crippen molar-refractivity contribution in [1.29, 1.82) is 0 Å². The molecule has 3 rings (SSSR count). The van der Waals surface area contributed by atoms with Gasteiger partial charge in [-0.1, -0.05) is 0 Å². The number of carbonyl (C=O) groups is 1. The number of carbonyl (C=O) groups excluding carboxylic acids is 1. The largest absolute Gasteiger partial charge is 0.353 e. The number of rotatable bonds is 8. The number of sulfonamides is 1. The highest BCUT2D eigenvalue weighted by atomic mass is 32.2. The van der Waals surface area contributed by atoms with E-state index in [1.165, 1.54) is 0 Å². The summed E-state index contributed by atoms with van der Waals surface area (Å²) in [6.07, 6.45) is 6.41. The van der Waals surface area contributed by atoms with E-state index >= 15 is 0 Å². The van der Waals surface area contributed by atoms with E-state index in [4.69, 9.17) is 0 Å². The van der Waals surface area contributed by atoms with Gasteiger partial charge in [-0.2, -0.15) is 5.10 Å². The molecule has 1 aliphatic rings. The van der Waals surface area contributed by atoms with E-state index in [-0.39, 0.29) is 30.8 Å². The Labute approximate surface area is 152 Å². The molecule has 0 saturated heterocycles. The molecular formula is C15H23N7O3S. The highest BCUT2D eigenvalue weighted by Gasteiger charge is 2.34. The summed E-state index contributed by atoms with van der Waals surface area (Å²) in [6.45, 7) is 0.678. The van der Waals surface area contributed by atoms with Crippen molar-refractivity contribution in [2.45, 2.75) is 37.8 Å². The van der Waals surface area contributed by atoms with Crippen LogP contribution in [-0.2, 0) is 28.4 Å². The molecule has 1 aliphatic carbocycles. The van der Waals surface area contributed by atoms with Crippen LogP contribution in [0.25, 0.3) is 0 Å². The third-order valence-corrected chi connectivity index (χ3v) is 5.17. The molecule has 2 heterocycles.